The molecule has 3 rings (SSSR count). The number of halogens is 2. The largest absolute Gasteiger partial charge is 0.503 e. The zero-order chi connectivity index (χ0) is 14.4. The van der Waals surface area contributed by atoms with E-state index in [1.54, 1.807) is 0 Å². The van der Waals surface area contributed by atoms with E-state index in [1.165, 1.54) is 0 Å². The van der Waals surface area contributed by atoms with E-state index in [4.69, 9.17) is 5.11 Å². The molecule has 1 aromatic carbocycles. The average molecular weight is 280 g/mol. The van der Waals surface area contributed by atoms with Gasteiger partial charge in [0, 0.05) is 29.9 Å². The molecule has 2 amide bonds. The summed E-state index contributed by atoms with van der Waals surface area (Å²) in [5.41, 5.74) is -0.0887. The quantitative estimate of drug-likeness (QED) is 0.650. The lowest BCUT2D eigenvalue weighted by Gasteiger charge is -2.14. The van der Waals surface area contributed by atoms with Crippen molar-refractivity contribution in [1.29, 1.82) is 0 Å². The fourth-order valence-corrected chi connectivity index (χ4v) is 2.05. The molecule has 2 aliphatic rings. The van der Waals surface area contributed by atoms with Crippen molar-refractivity contribution >= 4 is 17.5 Å². The molecule has 0 atom stereocenters. The number of aromatic hydroxyl groups is 1. The lowest BCUT2D eigenvalue weighted by atomic mass is 10.2. The average Bonchev–Trinajstić information content (AvgIpc) is 3.15. The second-order valence-corrected chi connectivity index (χ2v) is 4.72. The molecule has 7 heteroatoms. The summed E-state index contributed by atoms with van der Waals surface area (Å²) >= 11 is 0. The number of carbonyl (C=O) groups is 2. The lowest BCUT2D eigenvalue weighted by molar-refractivity contribution is -0.137. The van der Waals surface area contributed by atoms with E-state index < -0.39 is 29.2 Å². The zero-order valence-electron chi connectivity index (χ0n) is 10.2. The van der Waals surface area contributed by atoms with Crippen LogP contribution >= 0.6 is 0 Å². The van der Waals surface area contributed by atoms with E-state index in [9.17, 15) is 18.4 Å². The number of imide groups is 1. The van der Waals surface area contributed by atoms with E-state index in [0.717, 1.165) is 36.0 Å². The Hall–Kier alpha value is -2.44. The van der Waals surface area contributed by atoms with E-state index in [0.29, 0.717) is 0 Å². The molecular formula is C13H10F2N2O3. The van der Waals surface area contributed by atoms with Gasteiger partial charge in [0.1, 0.15) is 5.70 Å². The topological polar surface area (TPSA) is 69.6 Å². The van der Waals surface area contributed by atoms with E-state index in [1.807, 2.05) is 0 Å². The minimum atomic E-state index is -1.15. The van der Waals surface area contributed by atoms with Crippen LogP contribution in [-0.4, -0.2) is 27.9 Å². The molecule has 0 saturated heterocycles. The molecule has 20 heavy (non-hydrogen) atoms. The molecule has 1 heterocycles. The molecule has 0 bridgehead atoms. The molecule has 0 unspecified atom stereocenters. The smallest absolute Gasteiger partial charge is 0.277 e. The molecule has 1 aliphatic carbocycles. The fraction of sp³-hybridized carbons (Fsp3) is 0.231. The van der Waals surface area contributed by atoms with Gasteiger partial charge in [-0.05, 0) is 12.8 Å². The van der Waals surface area contributed by atoms with Gasteiger partial charge < -0.3 is 10.4 Å². The number of hydrogen-bond acceptors (Lipinski definition) is 4. The van der Waals surface area contributed by atoms with E-state index >= 15 is 0 Å². The van der Waals surface area contributed by atoms with Crippen molar-refractivity contribution in [2.45, 2.75) is 18.9 Å². The van der Waals surface area contributed by atoms with Gasteiger partial charge in [0.25, 0.3) is 11.8 Å². The Kier molecular flexibility index (Phi) is 2.70. The Morgan fingerprint density at radius 1 is 1.20 bits per heavy atom. The summed E-state index contributed by atoms with van der Waals surface area (Å²) in [6.45, 7) is 0. The van der Waals surface area contributed by atoms with Crippen molar-refractivity contribution in [2.24, 2.45) is 0 Å². The van der Waals surface area contributed by atoms with Crippen molar-refractivity contribution < 1.29 is 23.5 Å². The van der Waals surface area contributed by atoms with Crippen LogP contribution in [-0.2, 0) is 9.59 Å². The number of carbonyl (C=O) groups excluding carboxylic acids is 2. The zero-order valence-corrected chi connectivity index (χ0v) is 10.2. The van der Waals surface area contributed by atoms with Gasteiger partial charge in [-0.1, -0.05) is 0 Å². The maximum absolute atomic E-state index is 13.2. The van der Waals surface area contributed by atoms with Crippen LogP contribution < -0.4 is 5.32 Å². The van der Waals surface area contributed by atoms with Gasteiger partial charge >= 0.3 is 0 Å². The number of benzene rings is 1. The molecule has 1 saturated carbocycles. The van der Waals surface area contributed by atoms with Crippen molar-refractivity contribution in [3.05, 3.63) is 35.5 Å². The molecule has 1 aromatic rings. The number of hydrogen-bond donors (Lipinski definition) is 2. The minimum Gasteiger partial charge on any atom is -0.503 e. The second-order valence-electron chi connectivity index (χ2n) is 4.72. The Morgan fingerprint density at radius 3 is 2.35 bits per heavy atom. The highest BCUT2D eigenvalue weighted by Gasteiger charge is 2.41. The molecule has 0 spiro atoms. The number of phenolic OH excluding ortho intramolecular Hbond substituents is 1. The number of rotatable bonds is 3. The van der Waals surface area contributed by atoms with Crippen LogP contribution in [0.2, 0.25) is 0 Å². The van der Waals surface area contributed by atoms with Crippen molar-refractivity contribution in [3.63, 3.8) is 0 Å². The Labute approximate surface area is 112 Å². The summed E-state index contributed by atoms with van der Waals surface area (Å²) in [6.07, 6.45) is 2.66. The summed E-state index contributed by atoms with van der Waals surface area (Å²) in [5.74, 6) is -4.32. The molecule has 0 radical (unpaired) electrons. The molecule has 1 fully saturated rings. The van der Waals surface area contributed by atoms with Crippen LogP contribution in [0.3, 0.4) is 0 Å². The highest BCUT2D eigenvalue weighted by atomic mass is 19.1. The van der Waals surface area contributed by atoms with Gasteiger partial charge in [0.05, 0.1) is 0 Å². The first-order valence-electron chi connectivity index (χ1n) is 6.01. The standard InChI is InChI=1S/C13H10F2N2O3/c14-8-3-6(4-9(15)12(8)19)16-10-5-11(18)17(13(10)20)7-1-2-7/h3-5,7,16,19H,1-2H2. The number of phenols is 1. The Bertz CT molecular complexity index is 630. The van der Waals surface area contributed by atoms with Crippen molar-refractivity contribution in [3.8, 4) is 5.75 Å². The van der Waals surface area contributed by atoms with Crippen molar-refractivity contribution in [1.82, 2.24) is 4.90 Å². The normalized spacial score (nSPS) is 18.5. The van der Waals surface area contributed by atoms with Gasteiger partial charge in [0.15, 0.2) is 17.4 Å². The fourth-order valence-electron chi connectivity index (χ4n) is 2.05. The maximum Gasteiger partial charge on any atom is 0.277 e. The minimum absolute atomic E-state index is 0.0358. The second kappa shape index (κ2) is 4.29. The Balaban J connectivity index is 1.83. The summed E-state index contributed by atoms with van der Waals surface area (Å²) < 4.78 is 26.4. The first-order valence-corrected chi connectivity index (χ1v) is 6.01. The van der Waals surface area contributed by atoms with E-state index in [2.05, 4.69) is 5.32 Å². The van der Waals surface area contributed by atoms with Gasteiger partial charge in [-0.15, -0.1) is 0 Å². The maximum atomic E-state index is 13.2. The first-order chi connectivity index (χ1) is 9.47. The van der Waals surface area contributed by atoms with Crippen LogP contribution in [0.1, 0.15) is 12.8 Å². The highest BCUT2D eigenvalue weighted by Crippen LogP contribution is 2.32. The third-order valence-electron chi connectivity index (χ3n) is 3.16. The summed E-state index contributed by atoms with van der Waals surface area (Å²) in [4.78, 5) is 24.8. The third-order valence-corrected chi connectivity index (χ3v) is 3.16. The van der Waals surface area contributed by atoms with Crippen LogP contribution in [0.25, 0.3) is 0 Å². The predicted molar refractivity (Wildman–Crippen MR) is 64.6 cm³/mol. The van der Waals surface area contributed by atoms with Gasteiger partial charge in [-0.25, -0.2) is 8.78 Å². The van der Waals surface area contributed by atoms with Crippen LogP contribution in [0.5, 0.6) is 5.75 Å². The van der Waals surface area contributed by atoms with Crippen LogP contribution in [0.15, 0.2) is 23.9 Å². The summed E-state index contributed by atoms with van der Waals surface area (Å²) in [5, 5.41) is 11.5. The first kappa shape index (κ1) is 12.6. The monoisotopic (exact) mass is 280 g/mol. The molecule has 104 valence electrons. The van der Waals surface area contributed by atoms with Gasteiger partial charge in [-0.3, -0.25) is 14.5 Å². The SMILES string of the molecule is O=C1C=C(Nc2cc(F)c(O)c(F)c2)C(=O)N1C1CC1. The van der Waals surface area contributed by atoms with Crippen LogP contribution in [0, 0.1) is 11.6 Å². The molecule has 0 aromatic heterocycles. The number of nitrogens with one attached hydrogen (secondary N) is 1. The molecular weight excluding hydrogens is 270 g/mol. The van der Waals surface area contributed by atoms with Crippen molar-refractivity contribution in [2.75, 3.05) is 5.32 Å². The Morgan fingerprint density at radius 2 is 1.80 bits per heavy atom. The van der Waals surface area contributed by atoms with E-state index in [-0.39, 0.29) is 17.4 Å². The number of anilines is 1. The molecule has 1 aliphatic heterocycles. The number of nitrogens with zero attached hydrogens (tertiary/aromatic N) is 1. The molecule has 2 N–H and O–H groups in total. The molecule has 5 nitrogen and oxygen atoms in total. The van der Waals surface area contributed by atoms with Gasteiger partial charge in [0.2, 0.25) is 0 Å². The van der Waals surface area contributed by atoms with Gasteiger partial charge in [-0.2, -0.15) is 0 Å². The predicted octanol–water partition coefficient (Wildman–Crippen LogP) is 1.50. The summed E-state index contributed by atoms with van der Waals surface area (Å²) in [6, 6.07) is 1.62. The van der Waals surface area contributed by atoms with Crippen LogP contribution in [0.4, 0.5) is 14.5 Å². The lowest BCUT2D eigenvalue weighted by Crippen LogP contribution is -2.34. The highest BCUT2D eigenvalue weighted by molar-refractivity contribution is 6.17. The summed E-state index contributed by atoms with van der Waals surface area (Å²) in [7, 11) is 0. The third kappa shape index (κ3) is 2.01. The number of amides is 2.